The SMILES string of the molecule is Cc1ccccc1S(=O)(=O)N1CCCCN2[C@H](CO)[C@@H](c3ccc(-c4cccc(C(F)(F)F)c4)cc3)[C@@H]2C1. The first-order valence-corrected chi connectivity index (χ1v) is 14.3. The van der Waals surface area contributed by atoms with Crippen LogP contribution in [0.3, 0.4) is 0 Å². The molecule has 1 N–H and O–H groups in total. The maximum absolute atomic E-state index is 13.6. The molecule has 0 amide bonds. The number of aliphatic hydroxyl groups excluding tert-OH is 1. The van der Waals surface area contributed by atoms with Gasteiger partial charge in [-0.2, -0.15) is 17.5 Å². The summed E-state index contributed by atoms with van der Waals surface area (Å²) < 4.78 is 68.4. The summed E-state index contributed by atoms with van der Waals surface area (Å²) in [6, 6.07) is 19.4. The molecular weight excluding hydrogens is 513 g/mol. The highest BCUT2D eigenvalue weighted by Crippen LogP contribution is 2.43. The summed E-state index contributed by atoms with van der Waals surface area (Å²) in [5.74, 6) is -0.0942. The van der Waals surface area contributed by atoms with E-state index in [0.29, 0.717) is 34.7 Å². The van der Waals surface area contributed by atoms with Gasteiger partial charge in [-0.1, -0.05) is 54.6 Å². The van der Waals surface area contributed by atoms with Gasteiger partial charge in [0.05, 0.1) is 17.1 Å². The van der Waals surface area contributed by atoms with Gasteiger partial charge < -0.3 is 5.11 Å². The summed E-state index contributed by atoms with van der Waals surface area (Å²) in [5, 5.41) is 10.2. The number of halogens is 3. The first-order chi connectivity index (χ1) is 18.1. The Morgan fingerprint density at radius 2 is 1.63 bits per heavy atom. The molecule has 0 bridgehead atoms. The Hall–Kier alpha value is -2.72. The van der Waals surface area contributed by atoms with Crippen molar-refractivity contribution in [3.05, 3.63) is 89.5 Å². The third-order valence-corrected chi connectivity index (χ3v) is 9.89. The molecule has 2 aliphatic heterocycles. The number of fused-ring (bicyclic) bond motifs is 1. The molecule has 0 saturated carbocycles. The molecule has 0 radical (unpaired) electrons. The molecule has 38 heavy (non-hydrogen) atoms. The third-order valence-electron chi connectivity index (χ3n) is 7.86. The zero-order valence-corrected chi connectivity index (χ0v) is 21.9. The molecular formula is C29H31F3N2O3S. The summed E-state index contributed by atoms with van der Waals surface area (Å²) in [5.41, 5.74) is 2.09. The van der Waals surface area contributed by atoms with E-state index >= 15 is 0 Å². The molecule has 3 aromatic carbocycles. The van der Waals surface area contributed by atoms with Crippen LogP contribution in [0.1, 0.15) is 35.4 Å². The minimum Gasteiger partial charge on any atom is -0.395 e. The van der Waals surface area contributed by atoms with E-state index in [1.807, 2.05) is 18.2 Å². The standard InChI is InChI=1S/C29H31F3N2O3S/c1-20-7-2-3-10-27(20)38(36,37)33-15-4-5-16-34-25(18-33)28(26(34)19-35)22-13-11-21(12-14-22)23-8-6-9-24(17-23)29(30,31)32/h2-3,6-14,17,25-26,28,35H,4-5,15-16,18-19H2,1H3/t25-,26+,28-/m0/s1. The van der Waals surface area contributed by atoms with Gasteiger partial charge in [-0.3, -0.25) is 4.90 Å². The molecule has 0 aromatic heterocycles. The number of nitrogens with zero attached hydrogens (tertiary/aromatic N) is 2. The topological polar surface area (TPSA) is 60.9 Å². The third kappa shape index (κ3) is 5.00. The number of benzene rings is 3. The van der Waals surface area contributed by atoms with Gasteiger partial charge in [0, 0.05) is 31.1 Å². The summed E-state index contributed by atoms with van der Waals surface area (Å²) in [6.45, 7) is 3.27. The number of rotatable bonds is 5. The van der Waals surface area contributed by atoms with Crippen LogP contribution in [-0.4, -0.2) is 61.1 Å². The molecule has 202 valence electrons. The minimum atomic E-state index is -4.41. The van der Waals surface area contributed by atoms with Crippen LogP contribution in [0.5, 0.6) is 0 Å². The zero-order chi connectivity index (χ0) is 27.1. The van der Waals surface area contributed by atoms with Gasteiger partial charge in [0.1, 0.15) is 0 Å². The van der Waals surface area contributed by atoms with E-state index in [4.69, 9.17) is 0 Å². The second-order valence-electron chi connectivity index (χ2n) is 10.1. The molecule has 9 heteroatoms. The molecule has 3 aromatic rings. The highest BCUT2D eigenvalue weighted by atomic mass is 32.2. The Bertz CT molecular complexity index is 1390. The molecule has 2 heterocycles. The van der Waals surface area contributed by atoms with Crippen LogP contribution >= 0.6 is 0 Å². The van der Waals surface area contributed by atoms with Gasteiger partial charge in [0.25, 0.3) is 0 Å². The van der Waals surface area contributed by atoms with Gasteiger partial charge in [0.15, 0.2) is 0 Å². The van der Waals surface area contributed by atoms with E-state index in [9.17, 15) is 26.7 Å². The van der Waals surface area contributed by atoms with Crippen molar-refractivity contribution in [3.8, 4) is 11.1 Å². The van der Waals surface area contributed by atoms with Crippen molar-refractivity contribution in [2.75, 3.05) is 26.2 Å². The average Bonchev–Trinajstić information content (AvgIpc) is 2.88. The van der Waals surface area contributed by atoms with E-state index in [1.165, 1.54) is 6.07 Å². The number of sulfonamides is 1. The lowest BCUT2D eigenvalue weighted by atomic mass is 9.74. The molecule has 0 spiro atoms. The maximum atomic E-state index is 13.6. The predicted molar refractivity (Wildman–Crippen MR) is 140 cm³/mol. The fraction of sp³-hybridized carbons (Fsp3) is 0.379. The highest BCUT2D eigenvalue weighted by molar-refractivity contribution is 7.89. The van der Waals surface area contributed by atoms with Gasteiger partial charge in [0.2, 0.25) is 10.0 Å². The van der Waals surface area contributed by atoms with E-state index in [1.54, 1.807) is 47.6 Å². The first kappa shape index (κ1) is 26.9. The van der Waals surface area contributed by atoms with Crippen LogP contribution in [0.25, 0.3) is 11.1 Å². The van der Waals surface area contributed by atoms with Crippen molar-refractivity contribution in [1.82, 2.24) is 9.21 Å². The molecule has 0 aliphatic carbocycles. The lowest BCUT2D eigenvalue weighted by molar-refractivity contribution is -0.137. The van der Waals surface area contributed by atoms with E-state index < -0.39 is 21.8 Å². The minimum absolute atomic E-state index is 0.0545. The predicted octanol–water partition coefficient (Wildman–Crippen LogP) is 5.29. The second-order valence-corrected chi connectivity index (χ2v) is 12.0. The lowest BCUT2D eigenvalue weighted by Crippen LogP contribution is -2.67. The van der Waals surface area contributed by atoms with Crippen LogP contribution in [-0.2, 0) is 16.2 Å². The molecule has 2 saturated heterocycles. The number of aryl methyl sites for hydroxylation is 1. The first-order valence-electron chi connectivity index (χ1n) is 12.8. The molecule has 2 fully saturated rings. The van der Waals surface area contributed by atoms with Crippen LogP contribution < -0.4 is 0 Å². The largest absolute Gasteiger partial charge is 0.416 e. The Balaban J connectivity index is 1.42. The monoisotopic (exact) mass is 544 g/mol. The number of aliphatic hydroxyl groups is 1. The number of hydrogen-bond donors (Lipinski definition) is 1. The molecule has 3 atom stereocenters. The quantitative estimate of drug-likeness (QED) is 0.474. The van der Waals surface area contributed by atoms with Crippen molar-refractivity contribution in [1.29, 1.82) is 0 Å². The molecule has 0 unspecified atom stereocenters. The van der Waals surface area contributed by atoms with Crippen molar-refractivity contribution >= 4 is 10.0 Å². The Morgan fingerprint density at radius 3 is 2.32 bits per heavy atom. The van der Waals surface area contributed by atoms with Crippen molar-refractivity contribution in [3.63, 3.8) is 0 Å². The Labute approximate surface area is 221 Å². The van der Waals surface area contributed by atoms with Crippen molar-refractivity contribution in [2.24, 2.45) is 0 Å². The van der Waals surface area contributed by atoms with Crippen LogP contribution in [0.2, 0.25) is 0 Å². The summed E-state index contributed by atoms with van der Waals surface area (Å²) in [7, 11) is -3.69. The van der Waals surface area contributed by atoms with Gasteiger partial charge in [-0.25, -0.2) is 8.42 Å². The lowest BCUT2D eigenvalue weighted by Gasteiger charge is -2.57. The van der Waals surface area contributed by atoms with E-state index in [-0.39, 0.29) is 24.6 Å². The number of alkyl halides is 3. The fourth-order valence-electron chi connectivity index (χ4n) is 5.88. The summed E-state index contributed by atoms with van der Waals surface area (Å²) >= 11 is 0. The van der Waals surface area contributed by atoms with E-state index in [2.05, 4.69) is 4.90 Å². The van der Waals surface area contributed by atoms with Crippen molar-refractivity contribution in [2.45, 2.75) is 48.8 Å². The van der Waals surface area contributed by atoms with Gasteiger partial charge in [-0.15, -0.1) is 0 Å². The van der Waals surface area contributed by atoms with Crippen molar-refractivity contribution < 1.29 is 26.7 Å². The van der Waals surface area contributed by atoms with E-state index in [0.717, 1.165) is 37.1 Å². The fourth-order valence-corrected chi connectivity index (χ4v) is 7.61. The molecule has 5 rings (SSSR count). The Kier molecular flexibility index (Phi) is 7.39. The van der Waals surface area contributed by atoms with Gasteiger partial charge in [-0.05, 0) is 66.8 Å². The van der Waals surface area contributed by atoms with Gasteiger partial charge >= 0.3 is 6.18 Å². The molecule has 5 nitrogen and oxygen atoms in total. The number of hydrogen-bond acceptors (Lipinski definition) is 4. The summed E-state index contributed by atoms with van der Waals surface area (Å²) in [6.07, 6.45) is -2.85. The second kappa shape index (κ2) is 10.4. The van der Waals surface area contributed by atoms with Crippen LogP contribution in [0, 0.1) is 6.92 Å². The maximum Gasteiger partial charge on any atom is 0.416 e. The molecule has 2 aliphatic rings. The normalized spacial score (nSPS) is 23.2. The Morgan fingerprint density at radius 1 is 0.921 bits per heavy atom. The smallest absolute Gasteiger partial charge is 0.395 e. The van der Waals surface area contributed by atoms with Crippen LogP contribution in [0.4, 0.5) is 13.2 Å². The van der Waals surface area contributed by atoms with Crippen LogP contribution in [0.15, 0.2) is 77.7 Å². The highest BCUT2D eigenvalue weighted by Gasteiger charge is 2.50. The average molecular weight is 545 g/mol. The zero-order valence-electron chi connectivity index (χ0n) is 21.1. The summed E-state index contributed by atoms with van der Waals surface area (Å²) in [4.78, 5) is 2.51.